The van der Waals surface area contributed by atoms with Crippen LogP contribution in [0.3, 0.4) is 0 Å². The number of alkyl halides is 3. The normalized spacial score (nSPS) is 16.4. The molecule has 3 rings (SSSR count). The Hall–Kier alpha value is -3.54. The van der Waals surface area contributed by atoms with Crippen LogP contribution in [-0.2, 0) is 4.79 Å². The van der Waals surface area contributed by atoms with Gasteiger partial charge < -0.3 is 20.9 Å². The lowest BCUT2D eigenvalue weighted by Gasteiger charge is -2.32. The third-order valence-electron chi connectivity index (χ3n) is 5.05. The van der Waals surface area contributed by atoms with Gasteiger partial charge in [-0.15, -0.1) is 0 Å². The number of aromatic nitrogens is 1. The molecule has 0 spiro atoms. The number of pyridine rings is 1. The fourth-order valence-electron chi connectivity index (χ4n) is 3.25. The summed E-state index contributed by atoms with van der Waals surface area (Å²) in [6.45, 7) is 0.966. The van der Waals surface area contributed by atoms with Gasteiger partial charge in [-0.05, 0) is 23.8 Å². The number of halogens is 3. The van der Waals surface area contributed by atoms with Gasteiger partial charge in [-0.1, -0.05) is 24.3 Å². The molecule has 0 aliphatic carbocycles. The van der Waals surface area contributed by atoms with Crippen molar-refractivity contribution in [3.8, 4) is 0 Å². The van der Waals surface area contributed by atoms with Crippen LogP contribution in [0.2, 0.25) is 0 Å². The summed E-state index contributed by atoms with van der Waals surface area (Å²) in [5, 5.41) is 15.1. The fraction of sp³-hybridized carbons (Fsp3) is 0.304. The molecule has 1 atom stereocenters. The second kappa shape index (κ2) is 12.2. The number of anilines is 1. The van der Waals surface area contributed by atoms with Gasteiger partial charge in [0.1, 0.15) is 5.71 Å². The predicted octanol–water partition coefficient (Wildman–Crippen LogP) is 3.58. The topological polar surface area (TPSA) is 110 Å². The quantitative estimate of drug-likeness (QED) is 0.249. The number of nitrogens with one attached hydrogen (secondary N) is 4. The van der Waals surface area contributed by atoms with Crippen LogP contribution < -0.4 is 16.0 Å². The summed E-state index contributed by atoms with van der Waals surface area (Å²) in [6.07, 6.45) is -0.689. The highest BCUT2D eigenvalue weighted by atomic mass is 32.2. The number of rotatable bonds is 8. The highest BCUT2D eigenvalue weighted by Crippen LogP contribution is 2.32. The van der Waals surface area contributed by atoms with Crippen molar-refractivity contribution >= 4 is 35.1 Å². The molecule has 186 valence electrons. The largest absolute Gasteiger partial charge is 0.433 e. The van der Waals surface area contributed by atoms with Crippen molar-refractivity contribution in [3.63, 3.8) is 0 Å². The summed E-state index contributed by atoms with van der Waals surface area (Å²) in [7, 11) is 0. The first-order valence-electron chi connectivity index (χ1n) is 10.8. The van der Waals surface area contributed by atoms with E-state index in [1.165, 1.54) is 0 Å². The van der Waals surface area contributed by atoms with Crippen molar-refractivity contribution in [2.24, 2.45) is 0 Å². The lowest BCUT2D eigenvalue weighted by atomic mass is 10.1. The van der Waals surface area contributed by atoms with Crippen LogP contribution in [0.4, 0.5) is 23.7 Å². The Balaban J connectivity index is 1.51. The van der Waals surface area contributed by atoms with E-state index in [1.807, 2.05) is 12.1 Å². The molecule has 0 bridgehead atoms. The minimum atomic E-state index is -4.99. The highest BCUT2D eigenvalue weighted by Gasteiger charge is 2.39. The molecule has 12 heteroatoms. The molecule has 0 saturated carbocycles. The van der Waals surface area contributed by atoms with E-state index in [0.717, 1.165) is 17.5 Å². The number of carbonyl (C=O) groups is 2. The number of thioether (sulfide) groups is 1. The lowest BCUT2D eigenvalue weighted by molar-refractivity contribution is -0.117. The minimum absolute atomic E-state index is 0.0184. The van der Waals surface area contributed by atoms with Gasteiger partial charge in [-0.25, -0.2) is 4.79 Å². The van der Waals surface area contributed by atoms with E-state index in [2.05, 4.69) is 20.9 Å². The third-order valence-corrected chi connectivity index (χ3v) is 6.29. The van der Waals surface area contributed by atoms with Gasteiger partial charge in [0.15, 0.2) is 0 Å². The molecular weight excluding hydrogens is 481 g/mol. The maximum Gasteiger partial charge on any atom is 0.433 e. The maximum absolute atomic E-state index is 13.1. The standard InChI is InChI=1S/C23H25F3N6O2S/c24-23(25,26)20(27)18(14-31-17-6-2-1-3-7-17)21(33)29-9-10-30-22(34)32-11-12-35-19(15-32)16-5-4-8-28-13-16/h1-8,13-14,19,27,31H,9-12,15H2,(H,29,33)(H,30,34)/b18-14+,27-20?. The van der Waals surface area contributed by atoms with Crippen molar-refractivity contribution in [1.82, 2.24) is 20.5 Å². The van der Waals surface area contributed by atoms with Crippen LogP contribution in [0.5, 0.6) is 0 Å². The molecule has 1 aliphatic rings. The second-order valence-electron chi connectivity index (χ2n) is 7.52. The zero-order valence-electron chi connectivity index (χ0n) is 18.6. The average molecular weight is 507 g/mol. The number of hydrogen-bond acceptors (Lipinski definition) is 6. The molecule has 1 aromatic carbocycles. The van der Waals surface area contributed by atoms with E-state index in [0.29, 0.717) is 18.8 Å². The molecule has 1 aliphatic heterocycles. The van der Waals surface area contributed by atoms with Gasteiger partial charge in [0.05, 0.1) is 5.57 Å². The van der Waals surface area contributed by atoms with E-state index in [-0.39, 0.29) is 24.4 Å². The Morgan fingerprint density at radius 3 is 2.57 bits per heavy atom. The smallest absolute Gasteiger partial charge is 0.361 e. The van der Waals surface area contributed by atoms with Gasteiger partial charge in [0.2, 0.25) is 0 Å². The molecule has 4 N–H and O–H groups in total. The second-order valence-corrected chi connectivity index (χ2v) is 8.83. The van der Waals surface area contributed by atoms with Crippen LogP contribution in [0, 0.1) is 5.41 Å². The molecule has 2 aromatic rings. The number of carbonyl (C=O) groups excluding carboxylic acids is 2. The monoisotopic (exact) mass is 506 g/mol. The maximum atomic E-state index is 13.1. The molecule has 8 nitrogen and oxygen atoms in total. The van der Waals surface area contributed by atoms with Gasteiger partial charge >= 0.3 is 12.2 Å². The first-order valence-corrected chi connectivity index (χ1v) is 11.8. The van der Waals surface area contributed by atoms with E-state index in [4.69, 9.17) is 5.41 Å². The molecule has 2 heterocycles. The molecule has 1 saturated heterocycles. The Labute approximate surface area is 204 Å². The minimum Gasteiger partial charge on any atom is -0.361 e. The lowest BCUT2D eigenvalue weighted by Crippen LogP contribution is -2.47. The highest BCUT2D eigenvalue weighted by molar-refractivity contribution is 7.99. The number of urea groups is 1. The summed E-state index contributed by atoms with van der Waals surface area (Å²) in [5.74, 6) is -0.317. The molecule has 35 heavy (non-hydrogen) atoms. The Kier molecular flexibility index (Phi) is 9.12. The summed E-state index contributed by atoms with van der Waals surface area (Å²) in [4.78, 5) is 30.7. The van der Waals surface area contributed by atoms with Crippen molar-refractivity contribution in [1.29, 1.82) is 5.41 Å². The summed E-state index contributed by atoms with van der Waals surface area (Å²) < 4.78 is 39.3. The van der Waals surface area contributed by atoms with Gasteiger partial charge in [0.25, 0.3) is 5.91 Å². The SMILES string of the molecule is N=C(/C(=C\Nc1ccccc1)C(=O)NCCNC(=O)N1CCSC(c2cccnc2)C1)C(F)(F)F. The number of nitrogens with zero attached hydrogens (tertiary/aromatic N) is 2. The summed E-state index contributed by atoms with van der Waals surface area (Å²) in [6, 6.07) is 11.8. The number of para-hydroxylation sites is 1. The number of amides is 3. The molecule has 1 aromatic heterocycles. The van der Waals surface area contributed by atoms with Crippen LogP contribution in [0.25, 0.3) is 0 Å². The van der Waals surface area contributed by atoms with E-state index >= 15 is 0 Å². The van der Waals surface area contributed by atoms with Crippen molar-refractivity contribution in [3.05, 3.63) is 72.2 Å². The molecule has 0 radical (unpaired) electrons. The first kappa shape index (κ1) is 26.1. The summed E-state index contributed by atoms with van der Waals surface area (Å²) in [5.41, 5.74) is -1.14. The Morgan fingerprint density at radius 2 is 1.89 bits per heavy atom. The van der Waals surface area contributed by atoms with Crippen molar-refractivity contribution in [2.75, 3.05) is 37.2 Å². The average Bonchev–Trinajstić information content (AvgIpc) is 2.87. The van der Waals surface area contributed by atoms with Crippen LogP contribution in [-0.4, -0.2) is 65.6 Å². The number of hydrogen-bond donors (Lipinski definition) is 4. The van der Waals surface area contributed by atoms with Crippen molar-refractivity contribution < 1.29 is 22.8 Å². The molecule has 1 unspecified atom stereocenters. The van der Waals surface area contributed by atoms with Crippen LogP contribution >= 0.6 is 11.8 Å². The number of benzene rings is 1. The van der Waals surface area contributed by atoms with E-state index < -0.39 is 23.4 Å². The van der Waals surface area contributed by atoms with Gasteiger partial charge in [0, 0.05) is 61.5 Å². The van der Waals surface area contributed by atoms with E-state index in [9.17, 15) is 22.8 Å². The Bertz CT molecular complexity index is 1050. The van der Waals surface area contributed by atoms with Gasteiger partial charge in [-0.3, -0.25) is 15.2 Å². The summed E-state index contributed by atoms with van der Waals surface area (Å²) >= 11 is 1.74. The zero-order chi connectivity index (χ0) is 25.3. The Morgan fingerprint density at radius 1 is 1.14 bits per heavy atom. The zero-order valence-corrected chi connectivity index (χ0v) is 19.5. The van der Waals surface area contributed by atoms with E-state index in [1.54, 1.807) is 59.4 Å². The predicted molar refractivity (Wildman–Crippen MR) is 129 cm³/mol. The van der Waals surface area contributed by atoms with Crippen LogP contribution in [0.15, 0.2) is 66.6 Å². The molecule has 1 fully saturated rings. The fourth-order valence-corrected chi connectivity index (χ4v) is 4.48. The van der Waals surface area contributed by atoms with Crippen LogP contribution in [0.1, 0.15) is 10.8 Å². The molecule has 3 amide bonds. The van der Waals surface area contributed by atoms with Crippen molar-refractivity contribution in [2.45, 2.75) is 11.4 Å². The van der Waals surface area contributed by atoms with Gasteiger partial charge in [-0.2, -0.15) is 24.9 Å². The third kappa shape index (κ3) is 7.74. The molecular formula is C23H25F3N6O2S. The first-order chi connectivity index (χ1) is 16.8.